The minimum Gasteiger partial charge on any atom is -0.374 e. The average molecular weight is 363 g/mol. The van der Waals surface area contributed by atoms with Gasteiger partial charge in [0.25, 0.3) is 0 Å². The number of hydrogen-bond donors (Lipinski definition) is 0. The van der Waals surface area contributed by atoms with Crippen LogP contribution in [0.3, 0.4) is 0 Å². The SMILES string of the molecule is C=Cc1ccccc1CC(OC(Cc1ccccc1C=C)C(C)C)C(C)C. The van der Waals surface area contributed by atoms with Gasteiger partial charge in [0.2, 0.25) is 0 Å². The van der Waals surface area contributed by atoms with Gasteiger partial charge in [-0.05, 0) is 46.9 Å². The number of benzene rings is 2. The van der Waals surface area contributed by atoms with Crippen LogP contribution < -0.4 is 0 Å². The highest BCUT2D eigenvalue weighted by Gasteiger charge is 2.24. The highest BCUT2D eigenvalue weighted by Crippen LogP contribution is 2.24. The predicted molar refractivity (Wildman–Crippen MR) is 119 cm³/mol. The molecule has 0 aliphatic carbocycles. The molecule has 0 aliphatic rings. The Balaban J connectivity index is 2.20. The summed E-state index contributed by atoms with van der Waals surface area (Å²) in [6.45, 7) is 16.9. The van der Waals surface area contributed by atoms with Gasteiger partial charge in [0.15, 0.2) is 0 Å². The average Bonchev–Trinajstić information content (AvgIpc) is 2.67. The Morgan fingerprint density at radius 1 is 0.704 bits per heavy atom. The van der Waals surface area contributed by atoms with Crippen LogP contribution in [0.25, 0.3) is 12.2 Å². The molecule has 144 valence electrons. The Labute approximate surface area is 165 Å². The maximum atomic E-state index is 6.71. The molecule has 27 heavy (non-hydrogen) atoms. The molecule has 0 aromatic heterocycles. The van der Waals surface area contributed by atoms with Crippen LogP contribution in [0.2, 0.25) is 0 Å². The molecule has 1 heteroatoms. The quantitative estimate of drug-likeness (QED) is 0.450. The van der Waals surface area contributed by atoms with E-state index < -0.39 is 0 Å². The summed E-state index contributed by atoms with van der Waals surface area (Å²) in [5, 5.41) is 0. The molecule has 0 spiro atoms. The number of hydrogen-bond acceptors (Lipinski definition) is 1. The Morgan fingerprint density at radius 2 is 1.07 bits per heavy atom. The van der Waals surface area contributed by atoms with E-state index in [0.29, 0.717) is 11.8 Å². The third kappa shape index (κ3) is 5.94. The molecule has 0 saturated carbocycles. The van der Waals surface area contributed by atoms with Gasteiger partial charge in [0, 0.05) is 0 Å². The van der Waals surface area contributed by atoms with E-state index in [1.807, 2.05) is 12.2 Å². The molecule has 1 nitrogen and oxygen atoms in total. The Bertz CT molecular complexity index is 678. The minimum absolute atomic E-state index is 0.175. The van der Waals surface area contributed by atoms with Crippen LogP contribution in [0.4, 0.5) is 0 Å². The van der Waals surface area contributed by atoms with E-state index in [4.69, 9.17) is 4.74 Å². The second kappa shape index (κ2) is 10.3. The first-order chi connectivity index (χ1) is 13.0. The smallest absolute Gasteiger partial charge is 0.0642 e. The molecular formula is C26H34O. The summed E-state index contributed by atoms with van der Waals surface area (Å²) >= 11 is 0. The summed E-state index contributed by atoms with van der Waals surface area (Å²) < 4.78 is 6.71. The van der Waals surface area contributed by atoms with Crippen molar-refractivity contribution in [3.8, 4) is 0 Å². The topological polar surface area (TPSA) is 9.23 Å². The second-order valence-electron chi connectivity index (χ2n) is 7.92. The van der Waals surface area contributed by atoms with Crippen molar-refractivity contribution in [1.82, 2.24) is 0 Å². The Kier molecular flexibility index (Phi) is 8.06. The van der Waals surface area contributed by atoms with Gasteiger partial charge in [-0.1, -0.05) is 102 Å². The lowest BCUT2D eigenvalue weighted by Crippen LogP contribution is -2.33. The summed E-state index contributed by atoms with van der Waals surface area (Å²) in [5.74, 6) is 0.887. The van der Waals surface area contributed by atoms with E-state index >= 15 is 0 Å². The normalized spacial score (nSPS) is 13.6. The molecule has 0 radical (unpaired) electrons. The summed E-state index contributed by atoms with van der Waals surface area (Å²) in [6.07, 6.45) is 6.04. The maximum absolute atomic E-state index is 6.71. The third-order valence-corrected chi connectivity index (χ3v) is 5.23. The number of ether oxygens (including phenoxy) is 1. The zero-order valence-corrected chi connectivity index (χ0v) is 17.3. The predicted octanol–water partition coefficient (Wildman–Crippen LogP) is 6.82. The van der Waals surface area contributed by atoms with Crippen LogP contribution in [-0.2, 0) is 17.6 Å². The lowest BCUT2D eigenvalue weighted by molar-refractivity contribution is -0.0552. The molecule has 0 fully saturated rings. The van der Waals surface area contributed by atoms with Crippen LogP contribution in [0, 0.1) is 11.8 Å². The lowest BCUT2D eigenvalue weighted by Gasteiger charge is -2.31. The highest BCUT2D eigenvalue weighted by atomic mass is 16.5. The molecule has 2 aromatic rings. The van der Waals surface area contributed by atoms with E-state index in [1.54, 1.807) is 0 Å². The van der Waals surface area contributed by atoms with Crippen molar-refractivity contribution in [3.63, 3.8) is 0 Å². The molecule has 2 unspecified atom stereocenters. The van der Waals surface area contributed by atoms with E-state index in [9.17, 15) is 0 Å². The van der Waals surface area contributed by atoms with Gasteiger partial charge in [-0.25, -0.2) is 0 Å². The van der Waals surface area contributed by atoms with Crippen molar-refractivity contribution in [2.75, 3.05) is 0 Å². The summed E-state index contributed by atoms with van der Waals surface area (Å²) in [5.41, 5.74) is 5.01. The molecule has 0 bridgehead atoms. The largest absolute Gasteiger partial charge is 0.374 e. The summed E-state index contributed by atoms with van der Waals surface area (Å²) in [4.78, 5) is 0. The van der Waals surface area contributed by atoms with Gasteiger partial charge < -0.3 is 4.74 Å². The molecule has 0 aliphatic heterocycles. The summed E-state index contributed by atoms with van der Waals surface area (Å²) in [6, 6.07) is 16.9. The van der Waals surface area contributed by atoms with Gasteiger partial charge in [-0.3, -0.25) is 0 Å². The van der Waals surface area contributed by atoms with Crippen molar-refractivity contribution >= 4 is 12.2 Å². The standard InChI is InChI=1S/C26H34O/c1-7-21-13-9-11-15-23(21)17-25(19(3)4)27-26(20(5)6)18-24-16-12-10-14-22(24)8-2/h7-16,19-20,25-26H,1-2,17-18H2,3-6H3. The van der Waals surface area contributed by atoms with Gasteiger partial charge >= 0.3 is 0 Å². The van der Waals surface area contributed by atoms with Crippen LogP contribution in [0.15, 0.2) is 61.7 Å². The molecule has 0 N–H and O–H groups in total. The molecule has 0 amide bonds. The lowest BCUT2D eigenvalue weighted by atomic mass is 9.93. The van der Waals surface area contributed by atoms with Crippen molar-refractivity contribution in [1.29, 1.82) is 0 Å². The zero-order chi connectivity index (χ0) is 19.8. The van der Waals surface area contributed by atoms with E-state index in [2.05, 4.69) is 89.4 Å². The zero-order valence-electron chi connectivity index (χ0n) is 17.3. The van der Waals surface area contributed by atoms with Crippen LogP contribution in [0.5, 0.6) is 0 Å². The highest BCUT2D eigenvalue weighted by molar-refractivity contribution is 5.52. The second-order valence-corrected chi connectivity index (χ2v) is 7.92. The molecule has 2 atom stereocenters. The van der Waals surface area contributed by atoms with Gasteiger partial charge in [-0.15, -0.1) is 0 Å². The maximum Gasteiger partial charge on any atom is 0.0642 e. The van der Waals surface area contributed by atoms with Gasteiger partial charge in [-0.2, -0.15) is 0 Å². The van der Waals surface area contributed by atoms with Crippen LogP contribution in [0.1, 0.15) is 49.9 Å². The Morgan fingerprint density at radius 3 is 1.41 bits per heavy atom. The first kappa shape index (κ1) is 21.2. The van der Waals surface area contributed by atoms with Crippen molar-refractivity contribution in [3.05, 3.63) is 83.9 Å². The van der Waals surface area contributed by atoms with E-state index in [1.165, 1.54) is 22.3 Å². The van der Waals surface area contributed by atoms with Gasteiger partial charge in [0.1, 0.15) is 0 Å². The fraction of sp³-hybridized carbons (Fsp3) is 0.385. The molecule has 0 saturated heterocycles. The van der Waals surface area contributed by atoms with Crippen molar-refractivity contribution < 1.29 is 4.74 Å². The monoisotopic (exact) mass is 362 g/mol. The minimum atomic E-state index is 0.175. The Hall–Kier alpha value is -2.12. The third-order valence-electron chi connectivity index (χ3n) is 5.23. The fourth-order valence-electron chi connectivity index (χ4n) is 3.38. The number of rotatable bonds is 10. The first-order valence-corrected chi connectivity index (χ1v) is 10.0. The first-order valence-electron chi connectivity index (χ1n) is 10.0. The summed E-state index contributed by atoms with van der Waals surface area (Å²) in [7, 11) is 0. The molecular weight excluding hydrogens is 328 g/mol. The van der Waals surface area contributed by atoms with Crippen molar-refractivity contribution in [2.24, 2.45) is 11.8 Å². The van der Waals surface area contributed by atoms with Crippen LogP contribution in [-0.4, -0.2) is 12.2 Å². The fourth-order valence-corrected chi connectivity index (χ4v) is 3.38. The van der Waals surface area contributed by atoms with E-state index in [-0.39, 0.29) is 12.2 Å². The van der Waals surface area contributed by atoms with E-state index in [0.717, 1.165) is 12.8 Å². The molecule has 2 rings (SSSR count). The molecule has 0 heterocycles. The van der Waals surface area contributed by atoms with Crippen LogP contribution >= 0.6 is 0 Å². The van der Waals surface area contributed by atoms with Gasteiger partial charge in [0.05, 0.1) is 12.2 Å². The van der Waals surface area contributed by atoms with Crippen molar-refractivity contribution in [2.45, 2.75) is 52.7 Å². The molecule has 2 aromatic carbocycles.